The van der Waals surface area contributed by atoms with Crippen LogP contribution in [0.4, 0.5) is 5.69 Å². The lowest BCUT2D eigenvalue weighted by atomic mass is 10.3. The fraction of sp³-hybridized carbons (Fsp3) is 0.400. The molecule has 0 fully saturated rings. The molecule has 0 N–H and O–H groups in total. The molecule has 0 aliphatic carbocycles. The molecule has 0 heterocycles. The quantitative estimate of drug-likeness (QED) is 0.335. The van der Waals surface area contributed by atoms with Crippen LogP contribution in [0, 0.1) is 10.1 Å². The van der Waals surface area contributed by atoms with Crippen LogP contribution in [-0.2, 0) is 0 Å². The SMILES string of the molecule is COc1ccc(OCCCCl)c([N+](=O)[O-])c1. The van der Waals surface area contributed by atoms with E-state index in [9.17, 15) is 10.1 Å². The maximum Gasteiger partial charge on any atom is 0.314 e. The number of ether oxygens (including phenoxy) is 2. The summed E-state index contributed by atoms with van der Waals surface area (Å²) >= 11 is 5.48. The number of halogens is 1. The Balaban J connectivity index is 2.85. The van der Waals surface area contributed by atoms with Crippen molar-refractivity contribution < 1.29 is 14.4 Å². The summed E-state index contributed by atoms with van der Waals surface area (Å²) in [5.74, 6) is 1.12. The Labute approximate surface area is 98.1 Å². The zero-order chi connectivity index (χ0) is 12.0. The number of nitro groups is 1. The molecule has 1 rings (SSSR count). The van der Waals surface area contributed by atoms with Crippen molar-refractivity contribution in [2.45, 2.75) is 6.42 Å². The van der Waals surface area contributed by atoms with Gasteiger partial charge in [0.1, 0.15) is 5.75 Å². The lowest BCUT2D eigenvalue weighted by Gasteiger charge is -2.06. The van der Waals surface area contributed by atoms with Gasteiger partial charge < -0.3 is 9.47 Å². The van der Waals surface area contributed by atoms with Crippen molar-refractivity contribution in [1.82, 2.24) is 0 Å². The Hall–Kier alpha value is -1.49. The van der Waals surface area contributed by atoms with E-state index in [0.717, 1.165) is 0 Å². The van der Waals surface area contributed by atoms with Crippen LogP contribution in [0.15, 0.2) is 18.2 Å². The molecule has 1 aromatic carbocycles. The van der Waals surface area contributed by atoms with E-state index >= 15 is 0 Å². The Morgan fingerprint density at radius 3 is 2.81 bits per heavy atom. The van der Waals surface area contributed by atoms with E-state index < -0.39 is 4.92 Å². The number of nitrogens with zero attached hydrogens (tertiary/aromatic N) is 1. The Morgan fingerprint density at radius 1 is 1.50 bits per heavy atom. The molecule has 0 aromatic heterocycles. The molecule has 0 radical (unpaired) electrons. The van der Waals surface area contributed by atoms with Crippen LogP contribution in [0.3, 0.4) is 0 Å². The first-order chi connectivity index (χ1) is 7.69. The first kappa shape index (κ1) is 12.6. The number of hydrogen-bond donors (Lipinski definition) is 0. The van der Waals surface area contributed by atoms with Crippen molar-refractivity contribution in [3.8, 4) is 11.5 Å². The molecule has 88 valence electrons. The third kappa shape index (κ3) is 3.27. The topological polar surface area (TPSA) is 61.6 Å². The van der Waals surface area contributed by atoms with Gasteiger partial charge in [0, 0.05) is 5.88 Å². The summed E-state index contributed by atoms with van der Waals surface area (Å²) in [7, 11) is 1.45. The van der Waals surface area contributed by atoms with Gasteiger partial charge in [0.15, 0.2) is 5.75 Å². The lowest BCUT2D eigenvalue weighted by molar-refractivity contribution is -0.385. The predicted octanol–water partition coefficient (Wildman–Crippen LogP) is 2.61. The highest BCUT2D eigenvalue weighted by molar-refractivity contribution is 6.17. The van der Waals surface area contributed by atoms with E-state index in [0.29, 0.717) is 24.7 Å². The lowest BCUT2D eigenvalue weighted by Crippen LogP contribution is -2.01. The second-order valence-electron chi connectivity index (χ2n) is 2.98. The van der Waals surface area contributed by atoms with Crippen molar-refractivity contribution in [3.05, 3.63) is 28.3 Å². The molecule has 0 amide bonds. The Morgan fingerprint density at radius 2 is 2.25 bits per heavy atom. The molecule has 0 unspecified atom stereocenters. The molecule has 0 atom stereocenters. The standard InChI is InChI=1S/C10H12ClNO4/c1-15-8-3-4-10(16-6-2-5-11)9(7-8)12(13)14/h3-4,7H,2,5-6H2,1H3. The molecule has 0 saturated heterocycles. The summed E-state index contributed by atoms with van der Waals surface area (Å²) in [6.45, 7) is 0.358. The third-order valence-electron chi connectivity index (χ3n) is 1.90. The maximum atomic E-state index is 10.8. The summed E-state index contributed by atoms with van der Waals surface area (Å²) in [4.78, 5) is 10.3. The zero-order valence-corrected chi connectivity index (χ0v) is 9.57. The molecule has 0 aliphatic heterocycles. The van der Waals surface area contributed by atoms with Crippen molar-refractivity contribution >= 4 is 17.3 Å². The van der Waals surface area contributed by atoms with Gasteiger partial charge in [0.05, 0.1) is 24.7 Å². The highest BCUT2D eigenvalue weighted by atomic mass is 35.5. The van der Waals surface area contributed by atoms with Gasteiger partial charge in [-0.15, -0.1) is 11.6 Å². The molecular formula is C10H12ClNO4. The smallest absolute Gasteiger partial charge is 0.314 e. The van der Waals surface area contributed by atoms with Crippen LogP contribution in [0.1, 0.15) is 6.42 Å². The third-order valence-corrected chi connectivity index (χ3v) is 2.17. The second kappa shape index (κ2) is 6.17. The highest BCUT2D eigenvalue weighted by Gasteiger charge is 2.16. The van der Waals surface area contributed by atoms with E-state index in [1.165, 1.54) is 19.2 Å². The number of hydrogen-bond acceptors (Lipinski definition) is 4. The summed E-state index contributed by atoms with van der Waals surface area (Å²) < 4.78 is 10.2. The zero-order valence-electron chi connectivity index (χ0n) is 8.81. The van der Waals surface area contributed by atoms with Gasteiger partial charge in [0.25, 0.3) is 0 Å². The molecule has 1 aromatic rings. The van der Waals surface area contributed by atoms with Crippen molar-refractivity contribution in [1.29, 1.82) is 0 Å². The fourth-order valence-electron chi connectivity index (χ4n) is 1.13. The number of nitro benzene ring substituents is 1. The highest BCUT2D eigenvalue weighted by Crippen LogP contribution is 2.30. The summed E-state index contributed by atoms with van der Waals surface area (Å²) in [6, 6.07) is 4.46. The van der Waals surface area contributed by atoms with Crippen LogP contribution in [0.2, 0.25) is 0 Å². The van der Waals surface area contributed by atoms with Crippen LogP contribution < -0.4 is 9.47 Å². The largest absolute Gasteiger partial charge is 0.496 e. The van der Waals surface area contributed by atoms with E-state index in [-0.39, 0.29) is 11.4 Å². The normalized spacial score (nSPS) is 9.88. The van der Waals surface area contributed by atoms with Gasteiger partial charge in [-0.1, -0.05) is 0 Å². The molecule has 5 nitrogen and oxygen atoms in total. The van der Waals surface area contributed by atoms with E-state index in [1.54, 1.807) is 6.07 Å². The summed E-state index contributed by atoms with van der Waals surface area (Å²) in [6.07, 6.45) is 0.644. The van der Waals surface area contributed by atoms with Crippen LogP contribution >= 0.6 is 11.6 Å². The van der Waals surface area contributed by atoms with Crippen LogP contribution in [-0.4, -0.2) is 24.5 Å². The van der Waals surface area contributed by atoms with Crippen molar-refractivity contribution in [2.24, 2.45) is 0 Å². The Kier molecular flexibility index (Phi) is 4.85. The summed E-state index contributed by atoms with van der Waals surface area (Å²) in [5, 5.41) is 10.8. The minimum absolute atomic E-state index is 0.103. The van der Waals surface area contributed by atoms with Gasteiger partial charge in [-0.25, -0.2) is 0 Å². The fourth-order valence-corrected chi connectivity index (χ4v) is 1.23. The Bertz CT molecular complexity index is 370. The number of methoxy groups -OCH3 is 1. The second-order valence-corrected chi connectivity index (χ2v) is 3.36. The predicted molar refractivity (Wildman–Crippen MR) is 60.5 cm³/mol. The molecule has 0 spiro atoms. The van der Waals surface area contributed by atoms with Crippen molar-refractivity contribution in [2.75, 3.05) is 19.6 Å². The van der Waals surface area contributed by atoms with Gasteiger partial charge >= 0.3 is 5.69 Å². The molecule has 6 heteroatoms. The summed E-state index contributed by atoms with van der Waals surface area (Å²) in [5.41, 5.74) is -0.103. The number of benzene rings is 1. The van der Waals surface area contributed by atoms with E-state index in [2.05, 4.69) is 0 Å². The van der Waals surface area contributed by atoms with Crippen LogP contribution in [0.25, 0.3) is 0 Å². The average Bonchev–Trinajstić information content (AvgIpc) is 2.29. The van der Waals surface area contributed by atoms with E-state index in [4.69, 9.17) is 21.1 Å². The molecule has 0 bridgehead atoms. The molecule has 0 saturated carbocycles. The number of rotatable bonds is 6. The van der Waals surface area contributed by atoms with Gasteiger partial charge in [-0.05, 0) is 18.6 Å². The minimum Gasteiger partial charge on any atom is -0.496 e. The number of alkyl halides is 1. The molecule has 16 heavy (non-hydrogen) atoms. The average molecular weight is 246 g/mol. The van der Waals surface area contributed by atoms with E-state index in [1.807, 2.05) is 0 Å². The van der Waals surface area contributed by atoms with Gasteiger partial charge in [-0.2, -0.15) is 0 Å². The minimum atomic E-state index is -0.501. The van der Waals surface area contributed by atoms with Crippen LogP contribution in [0.5, 0.6) is 11.5 Å². The first-order valence-corrected chi connectivity index (χ1v) is 5.23. The monoisotopic (exact) mass is 245 g/mol. The van der Waals surface area contributed by atoms with Gasteiger partial charge in [0.2, 0.25) is 0 Å². The maximum absolute atomic E-state index is 10.8. The van der Waals surface area contributed by atoms with Crippen molar-refractivity contribution in [3.63, 3.8) is 0 Å². The first-order valence-electron chi connectivity index (χ1n) is 4.70. The molecule has 0 aliphatic rings. The molecular weight excluding hydrogens is 234 g/mol. The van der Waals surface area contributed by atoms with Gasteiger partial charge in [-0.3, -0.25) is 10.1 Å².